The number of nitrogens with zero attached hydrogens (tertiary/aromatic N) is 1. The van der Waals surface area contributed by atoms with E-state index in [9.17, 15) is 4.79 Å². The van der Waals surface area contributed by atoms with Crippen LogP contribution in [0.5, 0.6) is 0 Å². The number of hydrogen-bond acceptors (Lipinski definition) is 3. The smallest absolute Gasteiger partial charge is 0.225 e. The molecule has 22 heavy (non-hydrogen) atoms. The van der Waals surface area contributed by atoms with Crippen molar-refractivity contribution in [3.63, 3.8) is 0 Å². The van der Waals surface area contributed by atoms with E-state index in [1.807, 2.05) is 12.1 Å². The SMILES string of the molecule is O=C(CC1CN2CCC1CC2)Nc1sc2ccccc2c1Br. The van der Waals surface area contributed by atoms with E-state index in [0.29, 0.717) is 12.3 Å². The van der Waals surface area contributed by atoms with Gasteiger partial charge in [-0.1, -0.05) is 18.2 Å². The molecule has 1 amide bonds. The van der Waals surface area contributed by atoms with Gasteiger partial charge < -0.3 is 10.2 Å². The molecule has 1 unspecified atom stereocenters. The van der Waals surface area contributed by atoms with Crippen molar-refractivity contribution >= 4 is 48.3 Å². The Labute approximate surface area is 142 Å². The average molecular weight is 379 g/mol. The van der Waals surface area contributed by atoms with Gasteiger partial charge in [0.15, 0.2) is 0 Å². The molecule has 3 saturated heterocycles. The number of fused-ring (bicyclic) bond motifs is 4. The monoisotopic (exact) mass is 378 g/mol. The van der Waals surface area contributed by atoms with Crippen LogP contribution in [0.25, 0.3) is 10.1 Å². The average Bonchev–Trinajstić information content (AvgIpc) is 2.85. The maximum absolute atomic E-state index is 12.4. The maximum atomic E-state index is 12.4. The van der Waals surface area contributed by atoms with E-state index >= 15 is 0 Å². The van der Waals surface area contributed by atoms with Gasteiger partial charge in [0.1, 0.15) is 5.00 Å². The van der Waals surface area contributed by atoms with Crippen molar-refractivity contribution in [1.29, 1.82) is 0 Å². The Hall–Kier alpha value is -0.910. The Morgan fingerprint density at radius 3 is 2.77 bits per heavy atom. The third kappa shape index (κ3) is 2.70. The third-order valence-corrected chi connectivity index (χ3v) is 7.20. The predicted octanol–water partition coefficient (Wildman–Crippen LogP) is 4.33. The molecule has 0 spiro atoms. The summed E-state index contributed by atoms with van der Waals surface area (Å²) in [5.74, 6) is 1.45. The van der Waals surface area contributed by atoms with Crippen LogP contribution in [0.4, 0.5) is 5.00 Å². The molecule has 1 atom stereocenters. The van der Waals surface area contributed by atoms with Crippen LogP contribution in [0.3, 0.4) is 0 Å². The number of carbonyl (C=O) groups excluding carboxylic acids is 1. The minimum atomic E-state index is 0.158. The van der Waals surface area contributed by atoms with Crippen LogP contribution < -0.4 is 5.32 Å². The first kappa shape index (κ1) is 14.7. The van der Waals surface area contributed by atoms with Gasteiger partial charge in [-0.2, -0.15) is 0 Å². The Morgan fingerprint density at radius 2 is 2.09 bits per heavy atom. The van der Waals surface area contributed by atoms with E-state index in [4.69, 9.17) is 0 Å². The molecular weight excluding hydrogens is 360 g/mol. The normalized spacial score (nSPS) is 27.2. The van der Waals surface area contributed by atoms with Gasteiger partial charge in [-0.15, -0.1) is 11.3 Å². The van der Waals surface area contributed by atoms with Crippen molar-refractivity contribution in [1.82, 2.24) is 4.90 Å². The van der Waals surface area contributed by atoms with E-state index in [0.717, 1.165) is 21.9 Å². The van der Waals surface area contributed by atoms with Crippen LogP contribution in [0.1, 0.15) is 19.3 Å². The van der Waals surface area contributed by atoms with Crippen LogP contribution in [-0.2, 0) is 4.79 Å². The molecule has 1 aromatic heterocycles. The van der Waals surface area contributed by atoms with Gasteiger partial charge in [0, 0.05) is 23.1 Å². The van der Waals surface area contributed by atoms with E-state index in [2.05, 4.69) is 38.3 Å². The summed E-state index contributed by atoms with van der Waals surface area (Å²) in [5.41, 5.74) is 0. The van der Waals surface area contributed by atoms with Gasteiger partial charge >= 0.3 is 0 Å². The fourth-order valence-electron chi connectivity index (χ4n) is 3.83. The summed E-state index contributed by atoms with van der Waals surface area (Å²) in [6.07, 6.45) is 3.19. The first-order chi connectivity index (χ1) is 10.7. The van der Waals surface area contributed by atoms with Crippen molar-refractivity contribution in [3.05, 3.63) is 28.7 Å². The van der Waals surface area contributed by atoms with Crippen molar-refractivity contribution in [2.75, 3.05) is 25.0 Å². The molecule has 1 N–H and O–H groups in total. The van der Waals surface area contributed by atoms with Gasteiger partial charge in [-0.3, -0.25) is 4.79 Å². The van der Waals surface area contributed by atoms with Crippen molar-refractivity contribution in [2.45, 2.75) is 19.3 Å². The first-order valence-corrected chi connectivity index (χ1v) is 9.51. The fourth-order valence-corrected chi connectivity index (χ4v) is 5.66. The lowest BCUT2D eigenvalue weighted by Crippen LogP contribution is -2.48. The number of carbonyl (C=O) groups is 1. The third-order valence-electron chi connectivity index (χ3n) is 5.03. The molecule has 0 radical (unpaired) electrons. The Morgan fingerprint density at radius 1 is 1.32 bits per heavy atom. The van der Waals surface area contributed by atoms with Crippen LogP contribution >= 0.6 is 27.3 Å². The van der Waals surface area contributed by atoms with E-state index in [1.165, 1.54) is 36.0 Å². The number of nitrogens with one attached hydrogen (secondary N) is 1. The summed E-state index contributed by atoms with van der Waals surface area (Å²) in [6, 6.07) is 8.23. The molecule has 3 aliphatic rings. The van der Waals surface area contributed by atoms with E-state index in [-0.39, 0.29) is 5.91 Å². The van der Waals surface area contributed by atoms with E-state index in [1.54, 1.807) is 11.3 Å². The van der Waals surface area contributed by atoms with Gasteiger partial charge in [0.05, 0.1) is 4.47 Å². The molecule has 3 nitrogen and oxygen atoms in total. The highest BCUT2D eigenvalue weighted by Crippen LogP contribution is 2.40. The van der Waals surface area contributed by atoms with Gasteiger partial charge in [0.2, 0.25) is 5.91 Å². The second-order valence-corrected chi connectivity index (χ2v) is 8.24. The lowest BCUT2D eigenvalue weighted by Gasteiger charge is -2.44. The summed E-state index contributed by atoms with van der Waals surface area (Å²) in [6.45, 7) is 3.56. The quantitative estimate of drug-likeness (QED) is 0.861. The number of thiophene rings is 1. The molecule has 2 aromatic rings. The van der Waals surface area contributed by atoms with Gasteiger partial charge in [-0.05, 0) is 59.8 Å². The lowest BCUT2D eigenvalue weighted by atomic mass is 9.77. The zero-order valence-corrected chi connectivity index (χ0v) is 14.8. The summed E-state index contributed by atoms with van der Waals surface area (Å²) in [5, 5.41) is 5.23. The second-order valence-electron chi connectivity index (χ2n) is 6.39. The highest BCUT2D eigenvalue weighted by molar-refractivity contribution is 9.10. The van der Waals surface area contributed by atoms with Crippen LogP contribution in [-0.4, -0.2) is 30.4 Å². The molecule has 1 aromatic carbocycles. The summed E-state index contributed by atoms with van der Waals surface area (Å²) < 4.78 is 2.21. The summed E-state index contributed by atoms with van der Waals surface area (Å²) in [7, 11) is 0. The largest absolute Gasteiger partial charge is 0.317 e. The van der Waals surface area contributed by atoms with Crippen LogP contribution in [0.2, 0.25) is 0 Å². The molecular formula is C17H19BrN2OS. The fraction of sp³-hybridized carbons (Fsp3) is 0.471. The minimum Gasteiger partial charge on any atom is -0.317 e. The molecule has 4 heterocycles. The van der Waals surface area contributed by atoms with Crippen LogP contribution in [0, 0.1) is 11.8 Å². The zero-order valence-electron chi connectivity index (χ0n) is 12.3. The van der Waals surface area contributed by atoms with Crippen molar-refractivity contribution in [2.24, 2.45) is 11.8 Å². The molecule has 3 aliphatic heterocycles. The summed E-state index contributed by atoms with van der Waals surface area (Å²) >= 11 is 5.27. The molecule has 116 valence electrons. The minimum absolute atomic E-state index is 0.158. The number of rotatable bonds is 3. The molecule has 5 heteroatoms. The Kier molecular flexibility index (Phi) is 3.96. The molecule has 0 saturated carbocycles. The topological polar surface area (TPSA) is 32.3 Å². The number of hydrogen-bond donors (Lipinski definition) is 1. The summed E-state index contributed by atoms with van der Waals surface area (Å²) in [4.78, 5) is 14.9. The maximum Gasteiger partial charge on any atom is 0.225 e. The standard InChI is InChI=1S/C17H19BrN2OS/c18-16-13-3-1-2-4-14(13)22-17(16)19-15(21)9-12-10-20-7-5-11(12)6-8-20/h1-4,11-12H,5-10H2,(H,19,21). The van der Waals surface area contributed by atoms with Crippen LogP contribution in [0.15, 0.2) is 28.7 Å². The van der Waals surface area contributed by atoms with E-state index < -0.39 is 0 Å². The zero-order chi connectivity index (χ0) is 15.1. The molecule has 5 rings (SSSR count). The number of benzene rings is 1. The number of amides is 1. The molecule has 2 bridgehead atoms. The van der Waals surface area contributed by atoms with Gasteiger partial charge in [-0.25, -0.2) is 0 Å². The first-order valence-electron chi connectivity index (χ1n) is 7.90. The van der Waals surface area contributed by atoms with Gasteiger partial charge in [0.25, 0.3) is 0 Å². The lowest BCUT2D eigenvalue weighted by molar-refractivity contribution is -0.118. The highest BCUT2D eigenvalue weighted by atomic mass is 79.9. The second kappa shape index (κ2) is 5.95. The Balaban J connectivity index is 1.46. The highest BCUT2D eigenvalue weighted by Gasteiger charge is 2.35. The van der Waals surface area contributed by atoms with Crippen molar-refractivity contribution < 1.29 is 4.79 Å². The predicted molar refractivity (Wildman–Crippen MR) is 95.4 cm³/mol. The molecule has 0 aliphatic carbocycles. The number of halogens is 1. The Bertz CT molecular complexity index is 706. The number of anilines is 1. The molecule has 3 fully saturated rings. The van der Waals surface area contributed by atoms with Crippen molar-refractivity contribution in [3.8, 4) is 0 Å². The number of piperidine rings is 3.